The molecule has 0 spiro atoms. The van der Waals surface area contributed by atoms with Crippen LogP contribution in [0.25, 0.3) is 0 Å². The van der Waals surface area contributed by atoms with E-state index < -0.39 is 27.9 Å². The first-order valence-electron chi connectivity index (χ1n) is 8.19. The molecular formula is C17H18F3N3O5S. The van der Waals surface area contributed by atoms with Gasteiger partial charge in [0.1, 0.15) is 5.75 Å². The third-order valence-electron chi connectivity index (χ3n) is 3.71. The van der Waals surface area contributed by atoms with Crippen LogP contribution in [-0.4, -0.2) is 43.9 Å². The summed E-state index contributed by atoms with van der Waals surface area (Å²) < 4.78 is 65.6. The number of rotatable bonds is 7. The third kappa shape index (κ3) is 5.81. The molecule has 2 rings (SSSR count). The molecule has 1 aromatic heterocycles. The number of ether oxygens (including phenoxy) is 1. The Hall–Kier alpha value is -2.86. The molecule has 0 saturated carbocycles. The van der Waals surface area contributed by atoms with Crippen molar-refractivity contribution in [1.82, 2.24) is 10.3 Å². The number of amides is 1. The van der Waals surface area contributed by atoms with Gasteiger partial charge in [-0.3, -0.25) is 4.79 Å². The second-order valence-electron chi connectivity index (χ2n) is 6.13. The Balaban J connectivity index is 2.23. The topological polar surface area (TPSA) is 132 Å². The van der Waals surface area contributed by atoms with Crippen LogP contribution in [0.15, 0.2) is 46.3 Å². The fraction of sp³-hybridized carbons (Fsp3) is 0.294. The maximum absolute atomic E-state index is 12.6. The van der Waals surface area contributed by atoms with Crippen molar-refractivity contribution in [2.45, 2.75) is 23.1 Å². The maximum Gasteiger partial charge on any atom is 0.573 e. The van der Waals surface area contributed by atoms with Crippen LogP contribution in [0.4, 0.5) is 18.9 Å². The lowest BCUT2D eigenvalue weighted by Crippen LogP contribution is -2.30. The van der Waals surface area contributed by atoms with Crippen molar-refractivity contribution in [3.8, 4) is 5.75 Å². The average Bonchev–Trinajstić information content (AvgIpc) is 2.64. The van der Waals surface area contributed by atoms with Crippen LogP contribution in [0.2, 0.25) is 0 Å². The first kappa shape index (κ1) is 22.4. The van der Waals surface area contributed by atoms with Crippen LogP contribution in [0.3, 0.4) is 0 Å². The van der Waals surface area contributed by atoms with Gasteiger partial charge in [0.05, 0.1) is 15.5 Å². The Morgan fingerprint density at radius 3 is 2.41 bits per heavy atom. The Labute approximate surface area is 164 Å². The number of hydrogen-bond acceptors (Lipinski definition) is 7. The molecule has 1 unspecified atom stereocenters. The summed E-state index contributed by atoms with van der Waals surface area (Å²) >= 11 is 0. The van der Waals surface area contributed by atoms with Crippen LogP contribution in [0.5, 0.6) is 5.75 Å². The molecule has 1 amide bonds. The van der Waals surface area contributed by atoms with E-state index in [9.17, 15) is 26.4 Å². The van der Waals surface area contributed by atoms with Crippen molar-refractivity contribution in [3.05, 3.63) is 42.2 Å². The number of nitrogens with one attached hydrogen (secondary N) is 1. The quantitative estimate of drug-likeness (QED) is 0.606. The molecule has 29 heavy (non-hydrogen) atoms. The van der Waals surface area contributed by atoms with E-state index in [1.54, 1.807) is 6.92 Å². The van der Waals surface area contributed by atoms with Crippen LogP contribution in [0.1, 0.15) is 17.4 Å². The number of nitrogens with zero attached hydrogens (tertiary/aromatic N) is 1. The highest BCUT2D eigenvalue weighted by Gasteiger charge is 2.31. The summed E-state index contributed by atoms with van der Waals surface area (Å²) in [6, 6.07) is 4.66. The van der Waals surface area contributed by atoms with Gasteiger partial charge in [0.15, 0.2) is 5.69 Å². The van der Waals surface area contributed by atoms with E-state index in [2.05, 4.69) is 15.0 Å². The van der Waals surface area contributed by atoms with Crippen molar-refractivity contribution in [2.24, 2.45) is 5.92 Å². The van der Waals surface area contributed by atoms with Crippen molar-refractivity contribution in [2.75, 3.05) is 18.9 Å². The van der Waals surface area contributed by atoms with E-state index in [0.29, 0.717) is 0 Å². The molecule has 1 heterocycles. The van der Waals surface area contributed by atoms with Gasteiger partial charge in [0, 0.05) is 19.3 Å². The molecular weight excluding hydrogens is 415 g/mol. The summed E-state index contributed by atoms with van der Waals surface area (Å²) in [6.45, 7) is 1.74. The van der Waals surface area contributed by atoms with Gasteiger partial charge in [-0.15, -0.1) is 13.2 Å². The van der Waals surface area contributed by atoms with E-state index in [-0.39, 0.29) is 40.2 Å². The third-order valence-corrected chi connectivity index (χ3v) is 5.44. The van der Waals surface area contributed by atoms with Gasteiger partial charge in [-0.05, 0) is 36.2 Å². The summed E-state index contributed by atoms with van der Waals surface area (Å²) in [4.78, 5) is 15.2. The van der Waals surface area contributed by atoms with E-state index >= 15 is 0 Å². The Bertz CT molecular complexity index is 979. The highest BCUT2D eigenvalue weighted by molar-refractivity contribution is 7.91. The number of hydrogen-bond donors (Lipinski definition) is 3. The Morgan fingerprint density at radius 2 is 1.90 bits per heavy atom. The smallest absolute Gasteiger partial charge is 0.406 e. The summed E-state index contributed by atoms with van der Waals surface area (Å²) in [5.41, 5.74) is 5.36. The number of aliphatic hydroxyl groups is 1. The number of halogens is 3. The number of benzene rings is 1. The molecule has 12 heteroatoms. The van der Waals surface area contributed by atoms with Crippen molar-refractivity contribution in [3.63, 3.8) is 0 Å². The first-order valence-corrected chi connectivity index (χ1v) is 9.68. The second kappa shape index (κ2) is 8.66. The molecule has 0 aliphatic carbocycles. The van der Waals surface area contributed by atoms with E-state index in [1.165, 1.54) is 0 Å². The molecule has 0 radical (unpaired) electrons. The van der Waals surface area contributed by atoms with Gasteiger partial charge >= 0.3 is 6.36 Å². The van der Waals surface area contributed by atoms with Gasteiger partial charge < -0.3 is 20.9 Å². The molecule has 0 bridgehead atoms. The fourth-order valence-corrected chi connectivity index (χ4v) is 3.41. The predicted molar refractivity (Wildman–Crippen MR) is 95.8 cm³/mol. The number of carbonyl (C=O) groups is 1. The minimum Gasteiger partial charge on any atom is -0.406 e. The van der Waals surface area contributed by atoms with Crippen molar-refractivity contribution in [1.29, 1.82) is 0 Å². The van der Waals surface area contributed by atoms with E-state index in [4.69, 9.17) is 10.8 Å². The van der Waals surface area contributed by atoms with E-state index in [1.807, 2.05) is 0 Å². The summed E-state index contributed by atoms with van der Waals surface area (Å²) in [5, 5.41) is 11.5. The normalized spacial score (nSPS) is 13.0. The number of aliphatic hydroxyl groups excluding tert-OH is 1. The number of nitrogen functional groups attached to an aromatic ring is 1. The SMILES string of the molecule is CC(CO)CNC(=O)c1ncc(S(=O)(=O)c2ccc(OC(F)(F)F)cc2)cc1N. The molecule has 0 aliphatic heterocycles. The average molecular weight is 433 g/mol. The largest absolute Gasteiger partial charge is 0.573 e. The summed E-state index contributed by atoms with van der Waals surface area (Å²) in [7, 11) is -4.14. The number of pyridine rings is 1. The first-order chi connectivity index (χ1) is 13.4. The molecule has 0 fully saturated rings. The molecule has 1 atom stereocenters. The minimum absolute atomic E-state index is 0.132. The predicted octanol–water partition coefficient (Wildman–Crippen LogP) is 1.75. The molecule has 8 nitrogen and oxygen atoms in total. The molecule has 1 aromatic carbocycles. The van der Waals surface area contributed by atoms with Gasteiger partial charge in [-0.1, -0.05) is 6.92 Å². The highest BCUT2D eigenvalue weighted by Crippen LogP contribution is 2.27. The number of aromatic nitrogens is 1. The summed E-state index contributed by atoms with van der Waals surface area (Å²) in [6.07, 6.45) is -3.97. The number of carbonyl (C=O) groups excluding carboxylic acids is 1. The molecule has 0 aliphatic rings. The summed E-state index contributed by atoms with van der Waals surface area (Å²) in [5.74, 6) is -1.40. The van der Waals surface area contributed by atoms with Gasteiger partial charge in [0.2, 0.25) is 9.84 Å². The molecule has 4 N–H and O–H groups in total. The Morgan fingerprint density at radius 1 is 1.28 bits per heavy atom. The monoisotopic (exact) mass is 433 g/mol. The van der Waals surface area contributed by atoms with Crippen LogP contribution in [0, 0.1) is 5.92 Å². The molecule has 0 saturated heterocycles. The zero-order chi connectivity index (χ0) is 21.8. The fourth-order valence-electron chi connectivity index (χ4n) is 2.17. The van der Waals surface area contributed by atoms with Crippen molar-refractivity contribution < 1.29 is 36.2 Å². The molecule has 2 aromatic rings. The van der Waals surface area contributed by atoms with Crippen LogP contribution >= 0.6 is 0 Å². The van der Waals surface area contributed by atoms with Crippen molar-refractivity contribution >= 4 is 21.4 Å². The number of sulfone groups is 1. The lowest BCUT2D eigenvalue weighted by Gasteiger charge is -2.12. The van der Waals surface area contributed by atoms with Gasteiger partial charge in [-0.25, -0.2) is 13.4 Å². The minimum atomic E-state index is -4.90. The lowest BCUT2D eigenvalue weighted by atomic mass is 10.2. The molecule has 158 valence electrons. The number of nitrogens with two attached hydrogens (primary N) is 1. The lowest BCUT2D eigenvalue weighted by molar-refractivity contribution is -0.274. The van der Waals surface area contributed by atoms with Crippen LogP contribution in [-0.2, 0) is 9.84 Å². The number of anilines is 1. The van der Waals surface area contributed by atoms with Gasteiger partial charge in [-0.2, -0.15) is 0 Å². The second-order valence-corrected chi connectivity index (χ2v) is 8.08. The standard InChI is InChI=1S/C17H18F3N3O5S/c1-10(9-24)7-23-16(25)15-14(21)6-13(8-22-15)29(26,27)12-4-2-11(3-5-12)28-17(18,19)20/h2-6,8,10,24H,7,9,21H2,1H3,(H,23,25). The van der Waals surface area contributed by atoms with Gasteiger partial charge in [0.25, 0.3) is 5.91 Å². The highest BCUT2D eigenvalue weighted by atomic mass is 32.2. The zero-order valence-corrected chi connectivity index (χ0v) is 15.9. The zero-order valence-electron chi connectivity index (χ0n) is 15.1. The number of alkyl halides is 3. The maximum atomic E-state index is 12.6. The Kier molecular flexibility index (Phi) is 6.69. The van der Waals surface area contributed by atoms with E-state index in [0.717, 1.165) is 36.5 Å². The van der Waals surface area contributed by atoms with Crippen LogP contribution < -0.4 is 15.8 Å².